The highest BCUT2D eigenvalue weighted by Gasteiger charge is 2.13. The summed E-state index contributed by atoms with van der Waals surface area (Å²) in [4.78, 5) is 2.29. The number of halogens is 2. The van der Waals surface area contributed by atoms with Gasteiger partial charge in [0.1, 0.15) is 11.5 Å². The maximum atomic E-state index is 6.09. The predicted molar refractivity (Wildman–Crippen MR) is 208 cm³/mol. The molecule has 0 radical (unpaired) electrons. The Hall–Kier alpha value is -2.54. The first-order valence-electron chi connectivity index (χ1n) is 17.1. The molecule has 4 aromatic rings. The van der Waals surface area contributed by atoms with Gasteiger partial charge in [-0.15, -0.1) is 11.3 Å². The molecule has 46 heavy (non-hydrogen) atoms. The number of hydrogen-bond donors (Lipinski definition) is 0. The number of hydrogen-bond acceptors (Lipinski definition) is 4. The molecule has 0 spiro atoms. The minimum atomic E-state index is 0.767. The highest BCUT2D eigenvalue weighted by Crippen LogP contribution is 2.37. The van der Waals surface area contributed by atoms with Gasteiger partial charge in [-0.05, 0) is 117 Å². The van der Waals surface area contributed by atoms with E-state index in [-0.39, 0.29) is 0 Å². The van der Waals surface area contributed by atoms with Crippen molar-refractivity contribution in [2.45, 2.75) is 90.9 Å². The fourth-order valence-electron chi connectivity index (χ4n) is 5.36. The zero-order valence-corrected chi connectivity index (χ0v) is 31.5. The molecule has 0 amide bonds. The summed E-state index contributed by atoms with van der Waals surface area (Å²) in [7, 11) is 0. The van der Waals surface area contributed by atoms with Crippen molar-refractivity contribution in [2.75, 3.05) is 18.1 Å². The quantitative estimate of drug-likeness (QED) is 0.0788. The van der Waals surface area contributed by atoms with Gasteiger partial charge in [0.05, 0.1) is 20.8 Å². The normalized spacial score (nSPS) is 11.3. The van der Waals surface area contributed by atoms with Gasteiger partial charge in [-0.2, -0.15) is 0 Å². The number of rotatable bonds is 21. The summed E-state index contributed by atoms with van der Waals surface area (Å²) < 4.78 is 14.4. The molecule has 0 N–H and O–H groups in total. The highest BCUT2D eigenvalue weighted by atomic mass is 79.9. The average Bonchev–Trinajstić information content (AvgIpc) is 3.41. The van der Waals surface area contributed by atoms with Crippen molar-refractivity contribution in [3.63, 3.8) is 0 Å². The van der Waals surface area contributed by atoms with E-state index in [1.165, 1.54) is 69.8 Å². The van der Waals surface area contributed by atoms with Crippen LogP contribution in [0.1, 0.15) is 102 Å². The lowest BCUT2D eigenvalue weighted by molar-refractivity contribution is 0.304. The molecule has 0 aliphatic heterocycles. The zero-order chi connectivity index (χ0) is 32.4. The molecular formula is C40H49Br2NO2S. The number of benzene rings is 3. The topological polar surface area (TPSA) is 21.7 Å². The predicted octanol–water partition coefficient (Wildman–Crippen LogP) is 14.4. The molecule has 0 aliphatic rings. The lowest BCUT2D eigenvalue weighted by Crippen LogP contribution is -2.10. The summed E-state index contributed by atoms with van der Waals surface area (Å²) in [5, 5.41) is 0. The third-order valence-electron chi connectivity index (χ3n) is 8.01. The van der Waals surface area contributed by atoms with E-state index in [2.05, 4.69) is 142 Å². The van der Waals surface area contributed by atoms with Crippen LogP contribution in [0.2, 0.25) is 0 Å². The van der Waals surface area contributed by atoms with Crippen molar-refractivity contribution in [1.29, 1.82) is 0 Å². The number of unbranched alkanes of at least 4 members (excludes halogenated alkanes) is 10. The minimum absolute atomic E-state index is 0.767. The molecule has 0 saturated heterocycles. The molecule has 1 aromatic heterocycles. The zero-order valence-electron chi connectivity index (χ0n) is 27.5. The Kier molecular flexibility index (Phi) is 16.3. The Morgan fingerprint density at radius 2 is 1.00 bits per heavy atom. The average molecular weight is 768 g/mol. The summed E-state index contributed by atoms with van der Waals surface area (Å²) in [6.07, 6.45) is 19.5. The van der Waals surface area contributed by atoms with Crippen molar-refractivity contribution in [1.82, 2.24) is 0 Å². The largest absolute Gasteiger partial charge is 0.494 e. The van der Waals surface area contributed by atoms with Crippen LogP contribution in [-0.2, 0) is 0 Å². The van der Waals surface area contributed by atoms with E-state index in [0.717, 1.165) is 67.8 Å². The Morgan fingerprint density at radius 1 is 0.565 bits per heavy atom. The fourth-order valence-corrected chi connectivity index (χ4v) is 8.12. The Balaban J connectivity index is 1.44. The number of ether oxygens (including phenoxy) is 2. The van der Waals surface area contributed by atoms with Crippen molar-refractivity contribution >= 4 is 72.4 Å². The van der Waals surface area contributed by atoms with Gasteiger partial charge in [-0.1, -0.05) is 102 Å². The molecule has 3 aromatic carbocycles. The lowest BCUT2D eigenvalue weighted by Gasteiger charge is -2.26. The van der Waals surface area contributed by atoms with Gasteiger partial charge in [0, 0.05) is 22.6 Å². The summed E-state index contributed by atoms with van der Waals surface area (Å²) in [5.41, 5.74) is 5.58. The SMILES string of the molecule is CCCCCCCCOc1ccc(N(c2ccc(/C=C/c3cc(Br)sc3Br)cc2)c2ccc(OCCCCCCCC)cc2)cc1. The van der Waals surface area contributed by atoms with Gasteiger partial charge in [-0.3, -0.25) is 0 Å². The first-order valence-corrected chi connectivity index (χ1v) is 19.5. The van der Waals surface area contributed by atoms with Gasteiger partial charge < -0.3 is 14.4 Å². The van der Waals surface area contributed by atoms with Crippen LogP contribution >= 0.6 is 43.2 Å². The molecule has 4 rings (SSSR count). The minimum Gasteiger partial charge on any atom is -0.494 e. The van der Waals surface area contributed by atoms with Gasteiger partial charge in [0.2, 0.25) is 0 Å². The summed E-state index contributed by atoms with van der Waals surface area (Å²) >= 11 is 8.91. The van der Waals surface area contributed by atoms with E-state index >= 15 is 0 Å². The van der Waals surface area contributed by atoms with Crippen LogP contribution in [0, 0.1) is 0 Å². The monoisotopic (exact) mass is 765 g/mol. The van der Waals surface area contributed by atoms with E-state index in [9.17, 15) is 0 Å². The summed E-state index contributed by atoms with van der Waals surface area (Å²) in [5.74, 6) is 1.84. The van der Waals surface area contributed by atoms with Crippen molar-refractivity contribution < 1.29 is 9.47 Å². The van der Waals surface area contributed by atoms with E-state index in [1.807, 2.05) is 0 Å². The molecule has 0 atom stereocenters. The van der Waals surface area contributed by atoms with Crippen LogP contribution in [-0.4, -0.2) is 13.2 Å². The standard InChI is InChI=1S/C40H49Br2NO2S/c1-3-5-7-9-11-13-29-44-37-25-21-35(22-26-37)43(36-23-27-38(28-24-36)45-30-14-12-10-8-6-4-2)34-19-16-32(17-20-34)15-18-33-31-39(41)46-40(33)42/h15-28,31H,3-14,29-30H2,1-2H3/b18-15+. The lowest BCUT2D eigenvalue weighted by atomic mass is 10.1. The molecule has 0 aliphatic carbocycles. The van der Waals surface area contributed by atoms with Crippen LogP contribution in [0.5, 0.6) is 11.5 Å². The third-order valence-corrected chi connectivity index (χ3v) is 10.4. The second-order valence-electron chi connectivity index (χ2n) is 11.8. The molecule has 0 fully saturated rings. The Morgan fingerprint density at radius 3 is 1.43 bits per heavy atom. The molecule has 1 heterocycles. The molecule has 0 saturated carbocycles. The Labute approximate surface area is 298 Å². The summed E-state index contributed by atoms with van der Waals surface area (Å²) in [6, 6.07) is 27.8. The van der Waals surface area contributed by atoms with E-state index < -0.39 is 0 Å². The van der Waals surface area contributed by atoms with Crippen molar-refractivity contribution in [2.24, 2.45) is 0 Å². The van der Waals surface area contributed by atoms with Crippen LogP contribution in [0.4, 0.5) is 17.1 Å². The number of anilines is 3. The maximum absolute atomic E-state index is 6.09. The van der Waals surface area contributed by atoms with Gasteiger partial charge >= 0.3 is 0 Å². The van der Waals surface area contributed by atoms with Crippen LogP contribution < -0.4 is 14.4 Å². The Bertz CT molecular complexity index is 1370. The van der Waals surface area contributed by atoms with Gasteiger partial charge in [0.25, 0.3) is 0 Å². The molecule has 3 nitrogen and oxygen atoms in total. The van der Waals surface area contributed by atoms with E-state index in [1.54, 1.807) is 11.3 Å². The smallest absolute Gasteiger partial charge is 0.119 e. The third kappa shape index (κ3) is 12.2. The van der Waals surface area contributed by atoms with Crippen molar-refractivity contribution in [3.05, 3.63) is 97.6 Å². The van der Waals surface area contributed by atoms with Gasteiger partial charge in [-0.25, -0.2) is 0 Å². The molecule has 0 bridgehead atoms. The molecule has 6 heteroatoms. The van der Waals surface area contributed by atoms with Crippen LogP contribution in [0.3, 0.4) is 0 Å². The first kappa shape index (κ1) is 36.3. The highest BCUT2D eigenvalue weighted by molar-refractivity contribution is 9.12. The molecule has 0 unspecified atom stereocenters. The summed E-state index contributed by atoms with van der Waals surface area (Å²) in [6.45, 7) is 6.05. The second kappa shape index (κ2) is 20.6. The number of nitrogens with zero attached hydrogens (tertiary/aromatic N) is 1. The van der Waals surface area contributed by atoms with Crippen LogP contribution in [0.25, 0.3) is 12.2 Å². The van der Waals surface area contributed by atoms with E-state index in [0.29, 0.717) is 0 Å². The molecule has 246 valence electrons. The van der Waals surface area contributed by atoms with E-state index in [4.69, 9.17) is 9.47 Å². The first-order chi connectivity index (χ1) is 22.6. The van der Waals surface area contributed by atoms with Crippen LogP contribution in [0.15, 0.2) is 86.4 Å². The number of thiophene rings is 1. The molecular weight excluding hydrogens is 718 g/mol. The fraction of sp³-hybridized carbons (Fsp3) is 0.400. The maximum Gasteiger partial charge on any atom is 0.119 e. The van der Waals surface area contributed by atoms with Crippen molar-refractivity contribution in [3.8, 4) is 11.5 Å². The second-order valence-corrected chi connectivity index (χ2v) is 15.5. The van der Waals surface area contributed by atoms with Gasteiger partial charge in [0.15, 0.2) is 0 Å².